The lowest BCUT2D eigenvalue weighted by molar-refractivity contribution is -0.380. The third-order valence-electron chi connectivity index (χ3n) is 9.42. The largest absolute Gasteiger partial charge is 0.396 e. The van der Waals surface area contributed by atoms with Crippen LogP contribution in [-0.2, 0) is 42.6 Å². The quantitative estimate of drug-likeness (QED) is 0.0848. The van der Waals surface area contributed by atoms with Crippen LogP contribution in [0.2, 0.25) is 0 Å². The van der Waals surface area contributed by atoms with E-state index in [9.17, 15) is 56.2 Å². The summed E-state index contributed by atoms with van der Waals surface area (Å²) >= 11 is 0. The van der Waals surface area contributed by atoms with Gasteiger partial charge >= 0.3 is 0 Å². The van der Waals surface area contributed by atoms with Crippen molar-refractivity contribution in [1.29, 1.82) is 0 Å². The van der Waals surface area contributed by atoms with Crippen LogP contribution in [-0.4, -0.2) is 220 Å². The van der Waals surface area contributed by atoms with Crippen molar-refractivity contribution in [3.05, 3.63) is 0 Å². The molecule has 0 aromatic carbocycles. The Labute approximate surface area is 275 Å². The first-order chi connectivity index (χ1) is 22.9. The Morgan fingerprint density at radius 1 is 0.479 bits per heavy atom. The van der Waals surface area contributed by atoms with Crippen LogP contribution in [0.15, 0.2) is 0 Å². The average Bonchev–Trinajstić information content (AvgIpc) is 3.09. The molecule has 4 aliphatic rings. The first kappa shape index (κ1) is 40.0. The Balaban J connectivity index is 1.57. The second-order valence-electron chi connectivity index (χ2n) is 12.3. The lowest BCUT2D eigenvalue weighted by atomic mass is 9.81. The van der Waals surface area contributed by atoms with Crippen LogP contribution in [0.25, 0.3) is 0 Å². The molecule has 3 saturated heterocycles. The third-order valence-corrected chi connectivity index (χ3v) is 9.42. The van der Waals surface area contributed by atoms with E-state index >= 15 is 0 Å². The molecule has 0 spiro atoms. The molecule has 0 bridgehead atoms. The minimum Gasteiger partial charge on any atom is -0.396 e. The van der Waals surface area contributed by atoms with Gasteiger partial charge in [-0.25, -0.2) is 0 Å². The van der Waals surface area contributed by atoms with Crippen molar-refractivity contribution in [3.63, 3.8) is 0 Å². The number of methoxy groups -OCH3 is 3. The number of aliphatic hydroxyl groups excluding tert-OH is 11. The molecule has 3 aliphatic heterocycles. The van der Waals surface area contributed by atoms with Gasteiger partial charge in [-0.05, 0) is 6.42 Å². The van der Waals surface area contributed by atoms with Crippen LogP contribution >= 0.6 is 0 Å². The van der Waals surface area contributed by atoms with Crippen molar-refractivity contribution >= 4 is 0 Å². The van der Waals surface area contributed by atoms with Crippen molar-refractivity contribution in [1.82, 2.24) is 0 Å². The number of aliphatic hydroxyl groups is 11. The monoisotopic (exact) mass is 706 g/mol. The molecule has 48 heavy (non-hydrogen) atoms. The zero-order chi connectivity index (χ0) is 35.4. The molecule has 1 saturated carbocycles. The maximum Gasteiger partial charge on any atom is 0.187 e. The van der Waals surface area contributed by atoms with E-state index in [4.69, 9.17) is 42.6 Å². The zero-order valence-corrected chi connectivity index (χ0v) is 26.7. The van der Waals surface area contributed by atoms with Gasteiger partial charge in [0.1, 0.15) is 85.5 Å². The molecule has 11 N–H and O–H groups in total. The third kappa shape index (κ3) is 8.13. The lowest BCUT2D eigenvalue weighted by Crippen LogP contribution is -2.67. The van der Waals surface area contributed by atoms with Crippen LogP contribution in [0.5, 0.6) is 0 Å². The summed E-state index contributed by atoms with van der Waals surface area (Å²) < 4.78 is 49.8. The molecule has 20 heteroatoms. The SMILES string of the molecule is CO[C@H]1OC(CO)[C@@H](O[C@H]2OC(CO[C@H]3CC(CO)[C@@H](OC)[C@H](O)C3O)[C@@H](O[C@H]3OC(CO)[C@@H](OC)[C@H](O)C3O)[C@H](O)C2O)[C@H](O)C1O. The van der Waals surface area contributed by atoms with Gasteiger partial charge < -0.3 is 98.8 Å². The van der Waals surface area contributed by atoms with Crippen molar-refractivity contribution in [3.8, 4) is 0 Å². The highest BCUT2D eigenvalue weighted by atomic mass is 16.8. The molecule has 4 rings (SSSR count). The van der Waals surface area contributed by atoms with Gasteiger partial charge in [-0.3, -0.25) is 0 Å². The minimum atomic E-state index is -1.95. The van der Waals surface area contributed by atoms with Gasteiger partial charge in [0.15, 0.2) is 18.9 Å². The van der Waals surface area contributed by atoms with Crippen LogP contribution < -0.4 is 0 Å². The van der Waals surface area contributed by atoms with Gasteiger partial charge in [-0.15, -0.1) is 0 Å². The molecule has 1 aliphatic carbocycles. The first-order valence-electron chi connectivity index (χ1n) is 15.6. The van der Waals surface area contributed by atoms with Crippen molar-refractivity contribution in [2.45, 2.75) is 123 Å². The summed E-state index contributed by atoms with van der Waals surface area (Å²) in [4.78, 5) is 0. The predicted molar refractivity (Wildman–Crippen MR) is 151 cm³/mol. The van der Waals surface area contributed by atoms with E-state index in [1.54, 1.807) is 0 Å². The Bertz CT molecular complexity index is 960. The van der Waals surface area contributed by atoms with Crippen LogP contribution in [0.3, 0.4) is 0 Å². The molecule has 282 valence electrons. The van der Waals surface area contributed by atoms with Gasteiger partial charge in [0.25, 0.3) is 0 Å². The number of hydrogen-bond donors (Lipinski definition) is 11. The minimum absolute atomic E-state index is 0.0200. The van der Waals surface area contributed by atoms with Crippen molar-refractivity contribution in [2.75, 3.05) is 47.8 Å². The van der Waals surface area contributed by atoms with Crippen LogP contribution in [0, 0.1) is 5.92 Å². The van der Waals surface area contributed by atoms with Crippen molar-refractivity contribution < 1.29 is 98.8 Å². The van der Waals surface area contributed by atoms with Crippen LogP contribution in [0.4, 0.5) is 0 Å². The fourth-order valence-corrected chi connectivity index (χ4v) is 6.66. The van der Waals surface area contributed by atoms with Gasteiger partial charge in [0, 0.05) is 33.9 Å². The molecule has 0 radical (unpaired) electrons. The second kappa shape index (κ2) is 17.6. The number of ether oxygens (including phenoxy) is 9. The van der Waals surface area contributed by atoms with Crippen LogP contribution in [0.1, 0.15) is 6.42 Å². The molecule has 0 aromatic heterocycles. The summed E-state index contributed by atoms with van der Waals surface area (Å²) in [5.41, 5.74) is 0. The highest BCUT2D eigenvalue weighted by Gasteiger charge is 2.54. The van der Waals surface area contributed by atoms with Crippen molar-refractivity contribution in [2.24, 2.45) is 5.92 Å². The van der Waals surface area contributed by atoms with E-state index in [1.807, 2.05) is 0 Å². The molecular formula is C28H50O20. The average molecular weight is 707 g/mol. The summed E-state index contributed by atoms with van der Waals surface area (Å²) in [5.74, 6) is -0.636. The van der Waals surface area contributed by atoms with E-state index in [0.717, 1.165) is 0 Å². The summed E-state index contributed by atoms with van der Waals surface area (Å²) in [6.07, 6.45) is -28.6. The van der Waals surface area contributed by atoms with Gasteiger partial charge in [0.05, 0.1) is 32.0 Å². The highest BCUT2D eigenvalue weighted by Crippen LogP contribution is 2.35. The molecule has 0 amide bonds. The molecule has 0 aromatic rings. The molecule has 8 unspecified atom stereocenters. The maximum atomic E-state index is 11.3. The maximum absolute atomic E-state index is 11.3. The Morgan fingerprint density at radius 2 is 0.917 bits per heavy atom. The Kier molecular flexibility index (Phi) is 14.7. The summed E-state index contributed by atoms with van der Waals surface area (Å²) in [5, 5.41) is 116. The van der Waals surface area contributed by atoms with E-state index in [2.05, 4.69) is 0 Å². The number of hydrogen-bond acceptors (Lipinski definition) is 20. The van der Waals surface area contributed by atoms with E-state index < -0.39 is 149 Å². The van der Waals surface area contributed by atoms with Gasteiger partial charge in [0.2, 0.25) is 0 Å². The molecule has 20 nitrogen and oxygen atoms in total. The summed E-state index contributed by atoms with van der Waals surface area (Å²) in [7, 11) is 3.75. The van der Waals surface area contributed by atoms with E-state index in [1.165, 1.54) is 21.3 Å². The van der Waals surface area contributed by atoms with E-state index in [-0.39, 0.29) is 6.42 Å². The van der Waals surface area contributed by atoms with Gasteiger partial charge in [-0.1, -0.05) is 0 Å². The topological polar surface area (TPSA) is 306 Å². The number of rotatable bonds is 13. The molecular weight excluding hydrogens is 656 g/mol. The smallest absolute Gasteiger partial charge is 0.187 e. The molecule has 20 atom stereocenters. The summed E-state index contributed by atoms with van der Waals surface area (Å²) in [6.45, 7) is -2.32. The Hall–Kier alpha value is -0.800. The Morgan fingerprint density at radius 3 is 1.42 bits per heavy atom. The molecule has 3 heterocycles. The normalized spacial score (nSPS) is 50.4. The summed E-state index contributed by atoms with van der Waals surface area (Å²) in [6, 6.07) is 0. The fraction of sp³-hybridized carbons (Fsp3) is 1.00. The highest BCUT2D eigenvalue weighted by molar-refractivity contribution is 4.98. The van der Waals surface area contributed by atoms with E-state index in [0.29, 0.717) is 0 Å². The standard InChI is InChI=1S/C28H50O20/c1-40-22-9(5-29)4-10(14(32)15(22)33)43-8-13-25(48-27-20(38)16(34)23(41-2)11(6-30)45-27)18(36)21(39)28(46-13)47-24-12(7-31)44-26(42-3)19(37)17(24)35/h9-39H,4-8H2,1-3H3/t9?,10-,11?,12?,13?,14?,15+,16+,17+,18+,19?,20?,21?,22+,23+,24+,25+,26-,27+,28+/m0/s1. The second-order valence-corrected chi connectivity index (χ2v) is 12.3. The first-order valence-corrected chi connectivity index (χ1v) is 15.6. The zero-order valence-electron chi connectivity index (χ0n) is 26.7. The fourth-order valence-electron chi connectivity index (χ4n) is 6.66. The molecule has 4 fully saturated rings. The van der Waals surface area contributed by atoms with Gasteiger partial charge in [-0.2, -0.15) is 0 Å². The predicted octanol–water partition coefficient (Wildman–Crippen LogP) is -7.12. The lowest BCUT2D eigenvalue weighted by Gasteiger charge is -2.49.